The first-order chi connectivity index (χ1) is 57.9. The van der Waals surface area contributed by atoms with Crippen LogP contribution < -0.4 is 39.4 Å². The number of nitrogens with zero attached hydrogens (tertiary/aromatic N) is 17. The number of hydrogen-bond donors (Lipinski definition) is 4. The molecular weight excluding hydrogens is 1500 g/mol. The summed E-state index contributed by atoms with van der Waals surface area (Å²) in [6.07, 6.45) is 18.7. The molecule has 0 bridgehead atoms. The minimum atomic E-state index is -0.386. The maximum atomic E-state index is 9.38. The fourth-order valence-corrected chi connectivity index (χ4v) is 12.4. The van der Waals surface area contributed by atoms with Crippen LogP contribution in [0.4, 0.5) is 17.1 Å². The molecule has 0 atom stereocenters. The summed E-state index contributed by atoms with van der Waals surface area (Å²) in [5.74, 6) is 7.63. The van der Waals surface area contributed by atoms with Gasteiger partial charge in [0, 0.05) is 168 Å². The monoisotopic (exact) mass is 1590 g/mol. The molecular formula is C88H91N19O11. The van der Waals surface area contributed by atoms with Gasteiger partial charge in [-0.05, 0) is 225 Å². The highest BCUT2D eigenvalue weighted by molar-refractivity contribution is 5.69. The van der Waals surface area contributed by atoms with Crippen molar-refractivity contribution >= 4 is 17.1 Å². The molecule has 12 heterocycles. The fraction of sp³-hybridized carbons (Fsp3) is 0.261. The molecule has 0 spiro atoms. The highest BCUT2D eigenvalue weighted by Crippen LogP contribution is 2.37. The summed E-state index contributed by atoms with van der Waals surface area (Å²) in [5, 5.41) is 45.1. The third kappa shape index (κ3) is 21.9. The molecule has 2 aliphatic heterocycles. The highest BCUT2D eigenvalue weighted by atomic mass is 16.5. The number of aliphatic hydroxyl groups is 2. The van der Waals surface area contributed by atoms with Gasteiger partial charge in [-0.15, -0.1) is 0 Å². The molecule has 118 heavy (non-hydrogen) atoms. The van der Waals surface area contributed by atoms with Crippen LogP contribution in [0.5, 0.6) is 23.0 Å². The van der Waals surface area contributed by atoms with E-state index in [0.29, 0.717) is 120 Å². The van der Waals surface area contributed by atoms with Crippen molar-refractivity contribution in [3.05, 3.63) is 231 Å². The molecule has 0 unspecified atom stereocenters. The normalized spacial score (nSPS) is 12.2. The van der Waals surface area contributed by atoms with Crippen molar-refractivity contribution < 1.29 is 51.8 Å². The standard InChI is InChI=1S/C22H28N4O4.C18H19N3O4.2C17H16N4O.C14H12N4O/c1-5-28-18-8-7-16(12-19(18)29-6-2)21-25-20(26-30-21)15-9-10-23-17(11-15)13-24-22(3,4)14-27;1-3-23-15-6-5-13(10-16(15)24-4-2)18-20-17(21-25-18)12-7-8-19-14(9-12)11-22;1-2-12-21(11-1)15-5-3-14(4-6-15)17-19-16(20-22-17)13-7-9-18-10-8-13;1-2-11-21(10-1)15-5-3-4-14(12-15)17-19-16(20-22-17)13-6-8-18-9-7-13;1-15-12-4-2-3-11(9-12)14-17-13(18-19-14)10-5-7-16-8-6-10/h7-12,24,27H,5-6,13-14H2,1-4H3;5-10,22H,3-4,11H2,1-2H3;3-10H,1-2,11-12H2;3-9,12H,1-2,10-11H2;2-9,15H,1H3. The minimum Gasteiger partial charge on any atom is -0.490 e. The first kappa shape index (κ1) is 82.0. The summed E-state index contributed by atoms with van der Waals surface area (Å²) in [4.78, 5) is 47.5. The summed E-state index contributed by atoms with van der Waals surface area (Å²) in [6, 6.07) is 53.8. The number of rotatable bonds is 26. The predicted molar refractivity (Wildman–Crippen MR) is 446 cm³/mol. The SMILES string of the molecule is CCOc1ccc(-c2nc(-c3ccnc(CNC(C)(C)CO)c3)no2)cc1OCC.CCOc1ccc(-c2nc(-c3ccnc(CO)c3)no2)cc1OCC.CNc1cccc(-c2nc(-c3ccncc3)no2)c1.c1cc(-c2nc(-c3ccncc3)no2)cc(N2CCCC2)c1.c1cc(-c2noc(-c3ccc(N4CCCC4)cc3)n2)ccn1. The number of benzene rings is 5. The van der Waals surface area contributed by atoms with Crippen LogP contribution in [0.2, 0.25) is 0 Å². The van der Waals surface area contributed by atoms with Gasteiger partial charge in [-0.25, -0.2) is 0 Å². The van der Waals surface area contributed by atoms with Crippen LogP contribution in [0, 0.1) is 0 Å². The quantitative estimate of drug-likeness (QED) is 0.0391. The molecule has 30 nitrogen and oxygen atoms in total. The van der Waals surface area contributed by atoms with E-state index in [9.17, 15) is 10.2 Å². The molecule has 2 saturated heterocycles. The molecule has 15 aromatic rings. The van der Waals surface area contributed by atoms with E-state index in [-0.39, 0.29) is 18.8 Å². The van der Waals surface area contributed by atoms with Crippen molar-refractivity contribution in [3.8, 4) is 137 Å². The summed E-state index contributed by atoms with van der Waals surface area (Å²) >= 11 is 0. The first-order valence-electron chi connectivity index (χ1n) is 38.9. The lowest BCUT2D eigenvalue weighted by atomic mass is 10.1. The van der Waals surface area contributed by atoms with Crippen LogP contribution in [-0.4, -0.2) is 158 Å². The zero-order valence-electron chi connectivity index (χ0n) is 66.6. The van der Waals surface area contributed by atoms with Gasteiger partial charge in [0.15, 0.2) is 23.0 Å². The lowest BCUT2D eigenvalue weighted by Gasteiger charge is -2.23. The lowest BCUT2D eigenvalue weighted by molar-refractivity contribution is 0.187. The van der Waals surface area contributed by atoms with Gasteiger partial charge in [0.1, 0.15) is 0 Å². The van der Waals surface area contributed by atoms with E-state index in [0.717, 1.165) is 93.2 Å². The second-order valence-corrected chi connectivity index (χ2v) is 27.3. The maximum Gasteiger partial charge on any atom is 0.258 e. The van der Waals surface area contributed by atoms with Crippen LogP contribution >= 0.6 is 0 Å². The minimum absolute atomic E-state index is 0.0344. The van der Waals surface area contributed by atoms with Crippen LogP contribution in [0.15, 0.2) is 242 Å². The average Bonchev–Trinajstić information content (AvgIpc) is 1.69. The molecule has 0 saturated carbocycles. The molecule has 0 aliphatic carbocycles. The van der Waals surface area contributed by atoms with Gasteiger partial charge >= 0.3 is 0 Å². The number of ether oxygens (including phenoxy) is 4. The molecule has 604 valence electrons. The van der Waals surface area contributed by atoms with E-state index >= 15 is 0 Å². The Morgan fingerprint density at radius 1 is 0.364 bits per heavy atom. The van der Waals surface area contributed by atoms with Crippen molar-refractivity contribution in [2.24, 2.45) is 0 Å². The van der Waals surface area contributed by atoms with E-state index in [2.05, 4.69) is 120 Å². The van der Waals surface area contributed by atoms with Gasteiger partial charge in [0.2, 0.25) is 29.1 Å². The van der Waals surface area contributed by atoms with Crippen LogP contribution in [0.1, 0.15) is 78.6 Å². The molecule has 2 fully saturated rings. The zero-order valence-corrected chi connectivity index (χ0v) is 66.6. The van der Waals surface area contributed by atoms with Crippen molar-refractivity contribution in [3.63, 3.8) is 0 Å². The molecule has 2 aliphatic rings. The molecule has 4 N–H and O–H groups in total. The van der Waals surface area contributed by atoms with Crippen molar-refractivity contribution in [2.45, 2.75) is 85.9 Å². The Morgan fingerprint density at radius 3 is 1.15 bits per heavy atom. The van der Waals surface area contributed by atoms with Crippen LogP contribution in [0.3, 0.4) is 0 Å². The zero-order chi connectivity index (χ0) is 81.8. The summed E-state index contributed by atoms with van der Waals surface area (Å²) in [6.45, 7) is 18.6. The lowest BCUT2D eigenvalue weighted by Crippen LogP contribution is -2.42. The summed E-state index contributed by atoms with van der Waals surface area (Å²) < 4.78 is 49.4. The van der Waals surface area contributed by atoms with E-state index in [1.165, 1.54) is 37.1 Å². The number of nitrogens with one attached hydrogen (secondary N) is 2. The Labute approximate surface area is 681 Å². The molecule has 5 aromatic carbocycles. The van der Waals surface area contributed by atoms with E-state index in [1.807, 2.05) is 182 Å². The van der Waals surface area contributed by atoms with Gasteiger partial charge in [-0.3, -0.25) is 24.9 Å². The molecule has 0 amide bonds. The Bertz CT molecular complexity index is 5600. The number of aromatic nitrogens is 15. The van der Waals surface area contributed by atoms with Crippen LogP contribution in [0.25, 0.3) is 114 Å². The number of hydrogen-bond acceptors (Lipinski definition) is 30. The Hall–Kier alpha value is -14.0. The largest absolute Gasteiger partial charge is 0.490 e. The molecule has 10 aromatic heterocycles. The summed E-state index contributed by atoms with van der Waals surface area (Å²) in [5.41, 5.74) is 13.0. The van der Waals surface area contributed by atoms with Crippen molar-refractivity contribution in [1.29, 1.82) is 0 Å². The van der Waals surface area contributed by atoms with Gasteiger partial charge in [-0.1, -0.05) is 37.9 Å². The Morgan fingerprint density at radius 2 is 0.729 bits per heavy atom. The predicted octanol–water partition coefficient (Wildman–Crippen LogP) is 16.2. The Kier molecular flexibility index (Phi) is 28.4. The fourth-order valence-electron chi connectivity index (χ4n) is 12.4. The van der Waals surface area contributed by atoms with Gasteiger partial charge in [0.25, 0.3) is 29.5 Å². The van der Waals surface area contributed by atoms with Crippen molar-refractivity contribution in [2.75, 3.05) is 81.4 Å². The smallest absolute Gasteiger partial charge is 0.258 e. The average molecular weight is 1590 g/mol. The third-order valence-electron chi connectivity index (χ3n) is 18.5. The van der Waals surface area contributed by atoms with Crippen molar-refractivity contribution in [1.82, 2.24) is 80.9 Å². The molecule has 0 radical (unpaired) electrons. The second kappa shape index (κ2) is 40.9. The van der Waals surface area contributed by atoms with Gasteiger partial charge in [0.05, 0.1) is 51.0 Å². The molecule has 17 rings (SSSR count). The number of anilines is 3. The van der Waals surface area contributed by atoms with Gasteiger partial charge in [-0.2, -0.15) is 24.9 Å². The topological polar surface area (TPSA) is 367 Å². The highest BCUT2D eigenvalue weighted by Gasteiger charge is 2.22. The van der Waals surface area contributed by atoms with E-state index in [1.54, 1.807) is 61.7 Å². The molecule has 30 heteroatoms. The van der Waals surface area contributed by atoms with Crippen LogP contribution in [-0.2, 0) is 13.2 Å². The third-order valence-corrected chi connectivity index (χ3v) is 18.5. The number of aliphatic hydroxyl groups excluding tert-OH is 2. The second-order valence-electron chi connectivity index (χ2n) is 27.3. The number of pyridine rings is 5. The van der Waals surface area contributed by atoms with Gasteiger partial charge < -0.3 is 72.2 Å². The first-order valence-corrected chi connectivity index (χ1v) is 38.9. The van der Waals surface area contributed by atoms with E-state index < -0.39 is 0 Å². The van der Waals surface area contributed by atoms with E-state index in [4.69, 9.17) is 41.6 Å². The Balaban J connectivity index is 0.000000129. The maximum absolute atomic E-state index is 9.38. The summed E-state index contributed by atoms with van der Waals surface area (Å²) in [7, 11) is 1.87.